The van der Waals surface area contributed by atoms with Gasteiger partial charge in [-0.15, -0.1) is 40.8 Å². The van der Waals surface area contributed by atoms with Gasteiger partial charge >= 0.3 is 7.12 Å². The molecule has 7 N–H and O–H groups in total. The number of aromatic nitrogens is 14. The number of unbranched alkanes of at least 4 members (excludes halogenated alkanes) is 1. The van der Waals surface area contributed by atoms with Crippen LogP contribution >= 0.6 is 34.8 Å². The molecular formula is C100H112BCl3N20O5. The molecule has 10 heterocycles. The van der Waals surface area contributed by atoms with E-state index in [9.17, 15) is 9.59 Å². The molecule has 7 aromatic carbocycles. The standard InChI is InChI=1S/C32H33N7.C19H17N3O.C13H16N4.C12H12ClN3.C10H6Cl2N2.C7H7BO3.C4H10O.C2H7N.CH4/c1-38(2)31-20-27(24-8-4-3-5-9-24)32(37-36-31)26-13-11-23(12-14-26)22-39-18-15-25(16-19-39)29-21-30(35-34-29)28-10-6-7-17-33-28;1-22(2)18-12-17(15-6-4-3-5-7-15)19(21-20-18)16-10-8-14(13-23)9-11-16;1-2-6-15-11(3-1)13-9-12(16-17-13)10-4-7-14-8-5-10;1-16(2)11-8-10(12(13)15-14-11)9-6-4-3-5-7-9;11-9-6-8(10(12)14-13-9)7-4-2-1-3-5-7;9-5-6-1-3-7(4-2-6)8(10)11;1-2-3-4-5;1-3-2;/h3-14,17,20-21,25H,15-16,18-19,22H2,1-2H3,(H,34,35);3-13H,1-2H3;1-3,6,9-10,14H,4-5,7-8H2,(H,16,17);3-8H,1-2H3;1-6H;1-5,10-11H;5H,2-4H2,1H3;3H,1-2H3;1H4. The minimum absolute atomic E-state index is 0. The van der Waals surface area contributed by atoms with Crippen molar-refractivity contribution in [3.63, 3.8) is 0 Å². The highest BCUT2D eigenvalue weighted by molar-refractivity contribution is 6.58. The lowest BCUT2D eigenvalue weighted by Gasteiger charge is -2.31. The number of likely N-dealkylation sites (tertiary alicyclic amines) is 1. The summed E-state index contributed by atoms with van der Waals surface area (Å²) in [5.41, 5.74) is 20.8. The largest absolute Gasteiger partial charge is 0.488 e. The number of carbonyl (C=O) groups is 2. The number of aliphatic hydroxyl groups excluding tert-OH is 1. The zero-order valence-electron chi connectivity index (χ0n) is 73.4. The SMILES string of the molecule is C.CCCCO.CN(C)c1cc(-c2ccccc2)c(-c2ccc(C=O)cc2)nn1.CN(C)c1cc(-c2ccccc2)c(-c2ccc(CN3CCC(c4cc(-c5ccccn5)n[nH]4)CC3)cc2)nn1.CN(C)c1cc(-c2ccccc2)c(Cl)nn1.CNC.Clc1cc(-c2ccccc2)c(Cl)nn1.O=Cc1ccc(B(O)O)cc1.c1ccc(-c2cc(C3CCNCC3)[nH]n2)nc1. The summed E-state index contributed by atoms with van der Waals surface area (Å²) in [4.78, 5) is 38.1. The number of halogens is 3. The molecule has 8 aromatic heterocycles. The minimum Gasteiger partial charge on any atom is -0.423 e. The second kappa shape index (κ2) is 53.0. The maximum absolute atomic E-state index is 10.8. The first-order valence-corrected chi connectivity index (χ1v) is 43.2. The summed E-state index contributed by atoms with van der Waals surface area (Å²) >= 11 is 17.7. The lowest BCUT2D eigenvalue weighted by molar-refractivity contribution is 0.111. The highest BCUT2D eigenvalue weighted by Gasteiger charge is 2.25. The number of hydrogen-bond acceptors (Lipinski definition) is 23. The molecule has 17 rings (SSSR count). The number of aromatic amines is 2. The van der Waals surface area contributed by atoms with E-state index in [-0.39, 0.29) is 7.43 Å². The Kier molecular flexibility index (Phi) is 41.0. The van der Waals surface area contributed by atoms with Gasteiger partial charge in [0, 0.05) is 136 Å². The van der Waals surface area contributed by atoms with E-state index in [1.54, 1.807) is 24.4 Å². The first-order valence-electron chi connectivity index (χ1n) is 42.1. The summed E-state index contributed by atoms with van der Waals surface area (Å²) in [6, 6.07) is 86.3. The van der Waals surface area contributed by atoms with Gasteiger partial charge in [0.15, 0.2) is 32.9 Å². The van der Waals surface area contributed by atoms with Crippen LogP contribution in [0.15, 0.2) is 279 Å². The van der Waals surface area contributed by atoms with Gasteiger partial charge in [0.2, 0.25) is 0 Å². The molecule has 0 aliphatic carbocycles. The van der Waals surface area contributed by atoms with Crippen LogP contribution in [0, 0.1) is 0 Å². The molecule has 15 aromatic rings. The van der Waals surface area contributed by atoms with Gasteiger partial charge in [-0.2, -0.15) is 10.2 Å². The molecule has 2 aliphatic heterocycles. The van der Waals surface area contributed by atoms with Crippen molar-refractivity contribution in [1.29, 1.82) is 0 Å². The number of piperidine rings is 2. The minimum atomic E-state index is -1.46. The van der Waals surface area contributed by atoms with E-state index in [0.717, 1.165) is 172 Å². The Morgan fingerprint density at radius 3 is 1.19 bits per heavy atom. The van der Waals surface area contributed by atoms with Crippen LogP contribution in [0.3, 0.4) is 0 Å². The molecule has 2 fully saturated rings. The molecule has 0 saturated carbocycles. The number of carbonyl (C=O) groups excluding carboxylic acids is 2. The van der Waals surface area contributed by atoms with Crippen molar-refractivity contribution in [2.24, 2.45) is 0 Å². The van der Waals surface area contributed by atoms with E-state index in [0.29, 0.717) is 56.8 Å². The lowest BCUT2D eigenvalue weighted by Crippen LogP contribution is -2.32. The van der Waals surface area contributed by atoms with Gasteiger partial charge in [-0.25, -0.2) is 0 Å². The summed E-state index contributed by atoms with van der Waals surface area (Å²) < 4.78 is 0. The molecule has 0 radical (unpaired) electrons. The third kappa shape index (κ3) is 30.6. The van der Waals surface area contributed by atoms with E-state index < -0.39 is 7.12 Å². The van der Waals surface area contributed by atoms with Crippen molar-refractivity contribution in [1.82, 2.24) is 86.7 Å². The lowest BCUT2D eigenvalue weighted by atomic mass is 9.80. The molecular weight excluding hydrogens is 1680 g/mol. The van der Waals surface area contributed by atoms with E-state index in [2.05, 4.69) is 172 Å². The number of rotatable bonds is 20. The molecule has 666 valence electrons. The fourth-order valence-corrected chi connectivity index (χ4v) is 14.0. The quantitative estimate of drug-likeness (QED) is 0.0275. The van der Waals surface area contributed by atoms with Crippen molar-refractivity contribution >= 4 is 77.4 Å². The highest BCUT2D eigenvalue weighted by atomic mass is 35.5. The van der Waals surface area contributed by atoms with Gasteiger partial charge in [-0.1, -0.05) is 262 Å². The summed E-state index contributed by atoms with van der Waals surface area (Å²) in [5, 5.41) is 81.1. The maximum atomic E-state index is 10.8. The van der Waals surface area contributed by atoms with Gasteiger partial charge in [0.05, 0.1) is 11.4 Å². The Bertz CT molecular complexity index is 5770. The third-order valence-electron chi connectivity index (χ3n) is 20.4. The summed E-state index contributed by atoms with van der Waals surface area (Å²) in [6.45, 7) is 7.68. The van der Waals surface area contributed by atoms with E-state index in [1.807, 2.05) is 223 Å². The molecule has 0 spiro atoms. The number of pyridine rings is 2. The summed E-state index contributed by atoms with van der Waals surface area (Å²) in [5.74, 6) is 3.57. The van der Waals surface area contributed by atoms with Crippen LogP contribution in [0.4, 0.5) is 17.5 Å². The fourth-order valence-electron chi connectivity index (χ4n) is 13.4. The average Bonchev–Trinajstić information content (AvgIpc) is 1.47. The topological polar surface area (TPSA) is 318 Å². The highest BCUT2D eigenvalue weighted by Crippen LogP contribution is 2.37. The smallest absolute Gasteiger partial charge is 0.423 e. The van der Waals surface area contributed by atoms with Crippen LogP contribution in [-0.4, -0.2) is 200 Å². The second-order valence-corrected chi connectivity index (χ2v) is 31.6. The van der Waals surface area contributed by atoms with Crippen molar-refractivity contribution in [2.45, 2.75) is 71.3 Å². The van der Waals surface area contributed by atoms with Crippen LogP contribution in [0.25, 0.3) is 89.8 Å². The number of aldehydes is 2. The van der Waals surface area contributed by atoms with Crippen molar-refractivity contribution in [2.75, 3.05) is 104 Å². The molecule has 0 amide bonds. The number of nitrogens with zero attached hydrogens (tertiary/aromatic N) is 16. The fraction of sp³-hybridized carbons (Fsp3) is 0.240. The van der Waals surface area contributed by atoms with Crippen molar-refractivity contribution in [3.05, 3.63) is 323 Å². The van der Waals surface area contributed by atoms with Gasteiger partial charge in [-0.05, 0) is 166 Å². The molecule has 129 heavy (non-hydrogen) atoms. The van der Waals surface area contributed by atoms with Crippen LogP contribution in [0.2, 0.25) is 15.5 Å². The number of anilines is 3. The molecule has 2 aliphatic rings. The third-order valence-corrected chi connectivity index (χ3v) is 21.2. The van der Waals surface area contributed by atoms with Gasteiger partial charge in [-0.3, -0.25) is 34.7 Å². The van der Waals surface area contributed by atoms with Crippen LogP contribution < -0.4 is 30.8 Å². The predicted molar refractivity (Wildman–Crippen MR) is 525 cm³/mol. The Labute approximate surface area is 771 Å². The van der Waals surface area contributed by atoms with E-state index in [4.69, 9.17) is 50.0 Å². The second-order valence-electron chi connectivity index (χ2n) is 30.4. The van der Waals surface area contributed by atoms with E-state index in [1.165, 1.54) is 54.1 Å². The monoisotopic (exact) mass is 1790 g/mol. The molecule has 25 nitrogen and oxygen atoms in total. The number of aliphatic hydroxyl groups is 1. The van der Waals surface area contributed by atoms with Gasteiger partial charge < -0.3 is 40.5 Å². The summed E-state index contributed by atoms with van der Waals surface area (Å²) in [6.07, 6.45) is 11.8. The van der Waals surface area contributed by atoms with Gasteiger partial charge in [0.25, 0.3) is 0 Å². The molecule has 29 heteroatoms. The normalized spacial score (nSPS) is 12.1. The molecule has 0 unspecified atom stereocenters. The zero-order valence-corrected chi connectivity index (χ0v) is 75.6. The van der Waals surface area contributed by atoms with Crippen LogP contribution in [0.1, 0.15) is 102 Å². The Hall–Kier alpha value is -13.0. The number of benzene rings is 7. The van der Waals surface area contributed by atoms with E-state index >= 15 is 0 Å². The predicted octanol–water partition coefficient (Wildman–Crippen LogP) is 18.4. The van der Waals surface area contributed by atoms with Crippen molar-refractivity contribution in [3.8, 4) is 89.8 Å². The Balaban J connectivity index is 0.000000180. The number of hydrogen-bond donors (Lipinski definition) is 7. The first-order chi connectivity index (χ1) is 62.3. The molecule has 0 bridgehead atoms. The summed E-state index contributed by atoms with van der Waals surface area (Å²) in [7, 11) is 14.0. The molecule has 0 atom stereocenters. The van der Waals surface area contributed by atoms with Gasteiger partial charge in [0.1, 0.15) is 35.3 Å². The Morgan fingerprint density at radius 2 is 0.814 bits per heavy atom. The van der Waals surface area contributed by atoms with Crippen LogP contribution in [-0.2, 0) is 6.54 Å². The van der Waals surface area contributed by atoms with Crippen LogP contribution in [0.5, 0.6) is 0 Å². The van der Waals surface area contributed by atoms with Crippen molar-refractivity contribution < 1.29 is 24.7 Å². The number of H-pyrrole nitrogens is 2. The maximum Gasteiger partial charge on any atom is 0.488 e. The zero-order chi connectivity index (χ0) is 90.9. The first kappa shape index (κ1) is 99.8. The average molecular weight is 1790 g/mol. The molecule has 2 saturated heterocycles. The Morgan fingerprint density at radius 1 is 0.442 bits per heavy atom. The number of nitrogens with one attached hydrogen (secondary N) is 4.